The van der Waals surface area contributed by atoms with Crippen LogP contribution in [0.15, 0.2) is 0 Å². The van der Waals surface area contributed by atoms with Crippen molar-refractivity contribution in [3.05, 3.63) is 0 Å². The van der Waals surface area contributed by atoms with Crippen LogP contribution in [0.2, 0.25) is 0 Å². The molecular weight excluding hydrogens is 304 g/mol. The van der Waals surface area contributed by atoms with Crippen LogP contribution in [0.5, 0.6) is 0 Å². The van der Waals surface area contributed by atoms with Gasteiger partial charge in [-0.3, -0.25) is 9.59 Å². The van der Waals surface area contributed by atoms with Gasteiger partial charge in [0, 0.05) is 24.8 Å². The van der Waals surface area contributed by atoms with E-state index < -0.39 is 17.4 Å². The molecule has 1 saturated carbocycles. The molecule has 0 radical (unpaired) electrons. The first-order valence-corrected chi connectivity index (χ1v) is 9.10. The maximum absolute atomic E-state index is 12.5. The van der Waals surface area contributed by atoms with E-state index in [-0.39, 0.29) is 24.3 Å². The van der Waals surface area contributed by atoms with Gasteiger partial charge in [0.25, 0.3) is 0 Å². The van der Waals surface area contributed by atoms with Crippen LogP contribution in [0.3, 0.4) is 0 Å². The van der Waals surface area contributed by atoms with Crippen LogP contribution in [0.1, 0.15) is 38.5 Å². The van der Waals surface area contributed by atoms with Gasteiger partial charge in [-0.05, 0) is 25.0 Å². The fraction of sp³-hybridized carbons (Fsp3) is 0.800. The summed E-state index contributed by atoms with van der Waals surface area (Å²) in [5.74, 6) is -0.473. The van der Waals surface area contributed by atoms with E-state index >= 15 is 0 Å². The van der Waals surface area contributed by atoms with Gasteiger partial charge in [-0.1, -0.05) is 12.8 Å². The molecule has 2 heterocycles. The minimum atomic E-state index is -1.15. The second-order valence-electron chi connectivity index (χ2n) is 6.56. The molecule has 2 atom stereocenters. The molecular formula is C15H22N2O4S. The van der Waals surface area contributed by atoms with Gasteiger partial charge in [-0.25, -0.2) is 4.79 Å². The summed E-state index contributed by atoms with van der Waals surface area (Å²) >= 11 is 1.54. The van der Waals surface area contributed by atoms with Crippen LogP contribution in [0.25, 0.3) is 0 Å². The van der Waals surface area contributed by atoms with Crippen molar-refractivity contribution >= 4 is 29.5 Å². The fourth-order valence-corrected chi connectivity index (χ4v) is 5.03. The lowest BCUT2D eigenvalue weighted by atomic mass is 9.97. The van der Waals surface area contributed by atoms with Gasteiger partial charge in [0.2, 0.25) is 11.8 Å². The topological polar surface area (TPSA) is 86.7 Å². The molecule has 6 nitrogen and oxygen atoms in total. The molecule has 2 aliphatic heterocycles. The largest absolute Gasteiger partial charge is 0.479 e. The van der Waals surface area contributed by atoms with E-state index in [1.165, 1.54) is 0 Å². The standard InChI is InChI=1S/C15H22N2O4S/c18-12-7-10(8-17(12)11-3-1-2-4-11)13(19)16-15(14(20)21)5-6-22-9-15/h10-11H,1-9H2,(H,16,19)(H,20,21)/t10-,15+/m1/s1. The molecule has 1 aliphatic carbocycles. The molecule has 122 valence electrons. The first-order chi connectivity index (χ1) is 10.5. The number of aliphatic carboxylic acids is 1. The smallest absolute Gasteiger partial charge is 0.330 e. The number of thioether (sulfide) groups is 1. The van der Waals surface area contributed by atoms with Crippen molar-refractivity contribution in [3.8, 4) is 0 Å². The van der Waals surface area contributed by atoms with E-state index in [0.717, 1.165) is 31.4 Å². The monoisotopic (exact) mass is 326 g/mol. The van der Waals surface area contributed by atoms with E-state index in [2.05, 4.69) is 5.32 Å². The lowest BCUT2D eigenvalue weighted by Crippen LogP contribution is -2.56. The number of hydrogen-bond acceptors (Lipinski definition) is 4. The number of carboxylic acids is 1. The van der Waals surface area contributed by atoms with Crippen LogP contribution in [-0.4, -0.2) is 57.4 Å². The summed E-state index contributed by atoms with van der Waals surface area (Å²) in [7, 11) is 0. The molecule has 0 aromatic carbocycles. The Kier molecular flexibility index (Phi) is 4.34. The number of nitrogens with one attached hydrogen (secondary N) is 1. The molecule has 2 N–H and O–H groups in total. The SMILES string of the molecule is O=C(N[C@@]1(C(=O)O)CCSC1)[C@@H]1CC(=O)N(C2CCCC2)C1. The van der Waals surface area contributed by atoms with Gasteiger partial charge in [0.15, 0.2) is 0 Å². The van der Waals surface area contributed by atoms with E-state index in [1.807, 2.05) is 4.90 Å². The Hall–Kier alpha value is -1.24. The Bertz CT molecular complexity index is 484. The highest BCUT2D eigenvalue weighted by atomic mass is 32.2. The zero-order valence-electron chi connectivity index (χ0n) is 12.5. The molecule has 0 aromatic rings. The average Bonchev–Trinajstić information content (AvgIpc) is 3.17. The summed E-state index contributed by atoms with van der Waals surface area (Å²) < 4.78 is 0. The lowest BCUT2D eigenvalue weighted by molar-refractivity contribution is -0.147. The van der Waals surface area contributed by atoms with Gasteiger partial charge in [-0.2, -0.15) is 11.8 Å². The molecule has 0 unspecified atom stereocenters. The molecule has 0 spiro atoms. The van der Waals surface area contributed by atoms with E-state index in [0.29, 0.717) is 18.7 Å². The minimum Gasteiger partial charge on any atom is -0.479 e. The van der Waals surface area contributed by atoms with Gasteiger partial charge < -0.3 is 15.3 Å². The highest BCUT2D eigenvalue weighted by Gasteiger charge is 2.46. The van der Waals surface area contributed by atoms with Crippen LogP contribution >= 0.6 is 11.8 Å². The minimum absolute atomic E-state index is 0.0391. The zero-order chi connectivity index (χ0) is 15.7. The Morgan fingerprint density at radius 1 is 1.32 bits per heavy atom. The van der Waals surface area contributed by atoms with Crippen molar-refractivity contribution in [1.29, 1.82) is 0 Å². The Balaban J connectivity index is 1.63. The third-order valence-corrected chi connectivity index (χ3v) is 6.28. The quantitative estimate of drug-likeness (QED) is 0.800. The van der Waals surface area contributed by atoms with Crippen molar-refractivity contribution in [2.24, 2.45) is 5.92 Å². The van der Waals surface area contributed by atoms with Crippen molar-refractivity contribution in [2.45, 2.75) is 50.1 Å². The van der Waals surface area contributed by atoms with E-state index in [4.69, 9.17) is 0 Å². The van der Waals surface area contributed by atoms with Crippen LogP contribution < -0.4 is 5.32 Å². The number of carbonyl (C=O) groups excluding carboxylic acids is 2. The predicted molar refractivity (Wildman–Crippen MR) is 82.5 cm³/mol. The maximum atomic E-state index is 12.5. The van der Waals surface area contributed by atoms with Crippen molar-refractivity contribution in [2.75, 3.05) is 18.1 Å². The Labute approximate surface area is 134 Å². The maximum Gasteiger partial charge on any atom is 0.330 e. The summed E-state index contributed by atoms with van der Waals surface area (Å²) in [4.78, 5) is 38.0. The molecule has 0 bridgehead atoms. The van der Waals surface area contributed by atoms with Gasteiger partial charge >= 0.3 is 5.97 Å². The highest BCUT2D eigenvalue weighted by Crippen LogP contribution is 2.32. The molecule has 3 rings (SSSR count). The third-order valence-electron chi connectivity index (χ3n) is 5.09. The number of rotatable bonds is 4. The number of carbonyl (C=O) groups is 3. The normalized spacial score (nSPS) is 32.6. The molecule has 7 heteroatoms. The number of carboxylic acid groups (broad SMARTS) is 1. The van der Waals surface area contributed by atoms with Crippen LogP contribution in [-0.2, 0) is 14.4 Å². The molecule has 3 aliphatic rings. The molecule has 22 heavy (non-hydrogen) atoms. The number of likely N-dealkylation sites (tertiary alicyclic amines) is 1. The number of nitrogens with zero attached hydrogens (tertiary/aromatic N) is 1. The molecule has 0 aromatic heterocycles. The third kappa shape index (κ3) is 2.83. The van der Waals surface area contributed by atoms with Crippen LogP contribution in [0, 0.1) is 5.92 Å². The van der Waals surface area contributed by atoms with Crippen LogP contribution in [0.4, 0.5) is 0 Å². The Morgan fingerprint density at radius 2 is 2.05 bits per heavy atom. The van der Waals surface area contributed by atoms with Gasteiger partial charge in [-0.15, -0.1) is 0 Å². The van der Waals surface area contributed by atoms with Crippen molar-refractivity contribution in [1.82, 2.24) is 10.2 Å². The first kappa shape index (κ1) is 15.6. The first-order valence-electron chi connectivity index (χ1n) is 7.94. The van der Waals surface area contributed by atoms with E-state index in [1.54, 1.807) is 11.8 Å². The second-order valence-corrected chi connectivity index (χ2v) is 7.67. The summed E-state index contributed by atoms with van der Waals surface area (Å²) in [5.41, 5.74) is -1.15. The highest BCUT2D eigenvalue weighted by molar-refractivity contribution is 7.99. The summed E-state index contributed by atoms with van der Waals surface area (Å²) in [6.45, 7) is 0.443. The van der Waals surface area contributed by atoms with Gasteiger partial charge in [0.05, 0.1) is 5.92 Å². The van der Waals surface area contributed by atoms with E-state index in [9.17, 15) is 19.5 Å². The predicted octanol–water partition coefficient (Wildman–Crippen LogP) is 0.854. The number of amides is 2. The molecule has 2 amide bonds. The summed E-state index contributed by atoms with van der Waals surface area (Å²) in [6.07, 6.45) is 5.00. The van der Waals surface area contributed by atoms with Crippen molar-refractivity contribution < 1.29 is 19.5 Å². The summed E-state index contributed by atoms with van der Waals surface area (Å²) in [6, 6.07) is 0.278. The zero-order valence-corrected chi connectivity index (χ0v) is 13.4. The Morgan fingerprint density at radius 3 is 2.64 bits per heavy atom. The molecule has 2 saturated heterocycles. The number of hydrogen-bond donors (Lipinski definition) is 2. The summed E-state index contributed by atoms with van der Waals surface area (Å²) in [5, 5.41) is 12.2. The molecule has 3 fully saturated rings. The van der Waals surface area contributed by atoms with Gasteiger partial charge in [0.1, 0.15) is 5.54 Å². The fourth-order valence-electron chi connectivity index (χ4n) is 3.70. The lowest BCUT2D eigenvalue weighted by Gasteiger charge is -2.27. The van der Waals surface area contributed by atoms with Crippen molar-refractivity contribution in [3.63, 3.8) is 0 Å². The second kappa shape index (κ2) is 6.10. The average molecular weight is 326 g/mol.